The molecule has 0 spiro atoms. The van der Waals surface area contributed by atoms with Crippen molar-refractivity contribution in [3.63, 3.8) is 0 Å². The summed E-state index contributed by atoms with van der Waals surface area (Å²) in [6.45, 7) is 13.8. The Kier molecular flexibility index (Phi) is 5.49. The van der Waals surface area contributed by atoms with Gasteiger partial charge in [0.15, 0.2) is 0 Å². The molecule has 0 amide bonds. The molecule has 0 radical (unpaired) electrons. The minimum atomic E-state index is 0.292. The number of ether oxygens (including phenoxy) is 1. The van der Waals surface area contributed by atoms with Crippen LogP contribution in [0, 0.1) is 17.3 Å². The molecule has 1 N–H and O–H groups in total. The quantitative estimate of drug-likeness (QED) is 0.811. The fraction of sp³-hybridized carbons (Fsp3) is 1.00. The summed E-state index contributed by atoms with van der Waals surface area (Å²) in [5.41, 5.74) is 0.292. The maximum absolute atomic E-state index is 6.04. The Morgan fingerprint density at radius 2 is 1.90 bits per heavy atom. The molecule has 2 aliphatic rings. The van der Waals surface area contributed by atoms with Crippen LogP contribution in [0.25, 0.3) is 0 Å². The number of piperidine rings is 1. The second-order valence-corrected chi connectivity index (χ2v) is 7.98. The number of nitrogens with one attached hydrogen (secondary N) is 1. The van der Waals surface area contributed by atoms with E-state index in [-0.39, 0.29) is 0 Å². The van der Waals surface area contributed by atoms with Crippen molar-refractivity contribution in [3.05, 3.63) is 0 Å². The molecule has 1 aliphatic carbocycles. The highest BCUT2D eigenvalue weighted by atomic mass is 16.5. The Hall–Kier alpha value is -0.120. The first-order valence-corrected chi connectivity index (χ1v) is 8.43. The normalized spacial score (nSPS) is 31.5. The Balaban J connectivity index is 1.67. The number of hydrogen-bond donors (Lipinski definition) is 1. The van der Waals surface area contributed by atoms with Crippen LogP contribution >= 0.6 is 0 Å². The van der Waals surface area contributed by atoms with Gasteiger partial charge < -0.3 is 15.0 Å². The average Bonchev–Trinajstić information content (AvgIpc) is 2.38. The van der Waals surface area contributed by atoms with Gasteiger partial charge in [-0.25, -0.2) is 0 Å². The summed E-state index contributed by atoms with van der Waals surface area (Å²) in [5, 5.41) is 3.81. The summed E-state index contributed by atoms with van der Waals surface area (Å²) in [7, 11) is 2.23. The van der Waals surface area contributed by atoms with Crippen molar-refractivity contribution in [3.8, 4) is 0 Å². The summed E-state index contributed by atoms with van der Waals surface area (Å²) in [4.78, 5) is 2.44. The van der Waals surface area contributed by atoms with Gasteiger partial charge in [-0.15, -0.1) is 0 Å². The monoisotopic (exact) mass is 282 g/mol. The predicted molar refractivity (Wildman–Crippen MR) is 85.0 cm³/mol. The van der Waals surface area contributed by atoms with Crippen LogP contribution in [0.5, 0.6) is 0 Å². The molecule has 20 heavy (non-hydrogen) atoms. The summed E-state index contributed by atoms with van der Waals surface area (Å²) < 4.78 is 6.04. The fourth-order valence-corrected chi connectivity index (χ4v) is 3.40. The van der Waals surface area contributed by atoms with E-state index >= 15 is 0 Å². The minimum absolute atomic E-state index is 0.292. The van der Waals surface area contributed by atoms with Crippen molar-refractivity contribution in [2.75, 3.05) is 33.3 Å². The van der Waals surface area contributed by atoms with Crippen LogP contribution in [0.4, 0.5) is 0 Å². The number of hydrogen-bond acceptors (Lipinski definition) is 3. The van der Waals surface area contributed by atoms with Crippen molar-refractivity contribution in [1.29, 1.82) is 0 Å². The molecule has 118 valence electrons. The van der Waals surface area contributed by atoms with Gasteiger partial charge in [-0.3, -0.25) is 0 Å². The maximum atomic E-state index is 6.04. The number of nitrogens with zero attached hydrogens (tertiary/aromatic N) is 1. The van der Waals surface area contributed by atoms with Gasteiger partial charge in [0.05, 0.1) is 6.10 Å². The topological polar surface area (TPSA) is 24.5 Å². The van der Waals surface area contributed by atoms with Crippen LogP contribution < -0.4 is 5.32 Å². The van der Waals surface area contributed by atoms with Crippen molar-refractivity contribution in [2.24, 2.45) is 17.3 Å². The number of rotatable bonds is 6. The van der Waals surface area contributed by atoms with E-state index in [1.807, 2.05) is 0 Å². The Morgan fingerprint density at radius 3 is 2.45 bits per heavy atom. The Bertz CT molecular complexity index is 295. The lowest BCUT2D eigenvalue weighted by molar-refractivity contribution is -0.124. The van der Waals surface area contributed by atoms with Crippen molar-refractivity contribution in [1.82, 2.24) is 10.2 Å². The number of likely N-dealkylation sites (tertiary alicyclic amines) is 1. The smallest absolute Gasteiger partial charge is 0.0656 e. The molecule has 3 nitrogen and oxygen atoms in total. The van der Waals surface area contributed by atoms with E-state index in [1.54, 1.807) is 0 Å². The molecule has 0 aromatic rings. The lowest BCUT2D eigenvalue weighted by Crippen LogP contribution is -2.61. The molecule has 0 aromatic carbocycles. The molecule has 2 atom stereocenters. The highest BCUT2D eigenvalue weighted by Gasteiger charge is 2.48. The fourth-order valence-electron chi connectivity index (χ4n) is 3.40. The summed E-state index contributed by atoms with van der Waals surface area (Å²) >= 11 is 0. The highest BCUT2D eigenvalue weighted by molar-refractivity contribution is 5.03. The van der Waals surface area contributed by atoms with Crippen LogP contribution in [-0.2, 0) is 4.74 Å². The molecule has 1 saturated heterocycles. The zero-order valence-electron chi connectivity index (χ0n) is 14.1. The molecular formula is C17H34N2O. The van der Waals surface area contributed by atoms with E-state index < -0.39 is 0 Å². The van der Waals surface area contributed by atoms with Gasteiger partial charge in [-0.2, -0.15) is 0 Å². The van der Waals surface area contributed by atoms with Crippen LogP contribution in [0.3, 0.4) is 0 Å². The van der Waals surface area contributed by atoms with Gasteiger partial charge in [-0.05, 0) is 57.8 Å². The molecule has 0 aromatic heterocycles. The van der Waals surface area contributed by atoms with E-state index in [0.717, 1.165) is 12.5 Å². The van der Waals surface area contributed by atoms with Crippen molar-refractivity contribution in [2.45, 2.75) is 59.1 Å². The second kappa shape index (κ2) is 6.76. The van der Waals surface area contributed by atoms with Gasteiger partial charge in [0.25, 0.3) is 0 Å². The van der Waals surface area contributed by atoms with E-state index in [4.69, 9.17) is 4.74 Å². The van der Waals surface area contributed by atoms with Crippen molar-refractivity contribution >= 4 is 0 Å². The van der Waals surface area contributed by atoms with Crippen LogP contribution in [0.2, 0.25) is 0 Å². The molecule has 1 saturated carbocycles. The first kappa shape index (κ1) is 16.3. The zero-order chi connectivity index (χ0) is 14.8. The maximum Gasteiger partial charge on any atom is 0.0656 e. The third-order valence-electron chi connectivity index (χ3n) is 5.30. The predicted octanol–water partition coefficient (Wildman–Crippen LogP) is 2.76. The van der Waals surface area contributed by atoms with Crippen LogP contribution in [0.15, 0.2) is 0 Å². The first-order chi connectivity index (χ1) is 9.39. The first-order valence-electron chi connectivity index (χ1n) is 8.43. The van der Waals surface area contributed by atoms with Gasteiger partial charge in [0.1, 0.15) is 0 Å². The lowest BCUT2D eigenvalue weighted by atomic mass is 9.64. The van der Waals surface area contributed by atoms with Gasteiger partial charge in [0.2, 0.25) is 0 Å². The summed E-state index contributed by atoms with van der Waals surface area (Å²) in [6, 6.07) is 0.638. The molecule has 3 heteroatoms. The SMILES string of the molecule is CC(C)COC1CC(NCC2CCN(C)CC2)C1(C)C. The van der Waals surface area contributed by atoms with Gasteiger partial charge in [0, 0.05) is 18.1 Å². The molecular weight excluding hydrogens is 248 g/mol. The van der Waals surface area contributed by atoms with E-state index in [1.165, 1.54) is 38.9 Å². The molecule has 2 fully saturated rings. The zero-order valence-corrected chi connectivity index (χ0v) is 14.1. The van der Waals surface area contributed by atoms with Gasteiger partial charge >= 0.3 is 0 Å². The van der Waals surface area contributed by atoms with Gasteiger partial charge in [-0.1, -0.05) is 27.7 Å². The van der Waals surface area contributed by atoms with Crippen LogP contribution in [0.1, 0.15) is 47.0 Å². The second-order valence-electron chi connectivity index (χ2n) is 7.98. The summed E-state index contributed by atoms with van der Waals surface area (Å²) in [6.07, 6.45) is 4.33. The molecule has 1 aliphatic heterocycles. The molecule has 0 bridgehead atoms. The Labute approximate surface area is 125 Å². The largest absolute Gasteiger partial charge is 0.377 e. The third kappa shape index (κ3) is 3.96. The third-order valence-corrected chi connectivity index (χ3v) is 5.30. The molecule has 1 heterocycles. The standard InChI is InChI=1S/C17H34N2O/c1-13(2)12-20-16-10-15(17(16,3)4)18-11-14-6-8-19(5)9-7-14/h13-16,18H,6-12H2,1-5H3. The van der Waals surface area contributed by atoms with Crippen LogP contribution in [-0.4, -0.2) is 50.3 Å². The minimum Gasteiger partial charge on any atom is -0.377 e. The van der Waals surface area contributed by atoms with Crippen molar-refractivity contribution < 1.29 is 4.74 Å². The molecule has 2 unspecified atom stereocenters. The average molecular weight is 282 g/mol. The van der Waals surface area contributed by atoms with E-state index in [9.17, 15) is 0 Å². The lowest BCUT2D eigenvalue weighted by Gasteiger charge is -2.52. The van der Waals surface area contributed by atoms with E-state index in [2.05, 4.69) is 45.0 Å². The highest BCUT2D eigenvalue weighted by Crippen LogP contribution is 2.43. The summed E-state index contributed by atoms with van der Waals surface area (Å²) in [5.74, 6) is 1.51. The molecule has 2 rings (SSSR count). The Morgan fingerprint density at radius 1 is 1.25 bits per heavy atom. The van der Waals surface area contributed by atoms with E-state index in [0.29, 0.717) is 23.5 Å².